The van der Waals surface area contributed by atoms with Crippen molar-refractivity contribution in [1.29, 1.82) is 5.26 Å². The number of hydrogen-bond donors (Lipinski definition) is 1. The Hall–Kier alpha value is -1.60. The van der Waals surface area contributed by atoms with Gasteiger partial charge in [-0.1, -0.05) is 19.1 Å². The maximum atomic E-state index is 8.98. The minimum absolute atomic E-state index is 0.379. The normalized spacial score (nSPS) is 11.4. The molecule has 3 nitrogen and oxygen atoms in total. The molecular weight excluding hydrogens is 230 g/mol. The maximum absolute atomic E-state index is 8.98. The first kappa shape index (κ1) is 13.5. The maximum Gasteiger partial charge on any atom is 0.173 e. The van der Waals surface area contributed by atoms with E-state index in [-0.39, 0.29) is 0 Å². The van der Waals surface area contributed by atoms with Crippen LogP contribution in [0.1, 0.15) is 25.8 Å². The van der Waals surface area contributed by atoms with Gasteiger partial charge in [-0.3, -0.25) is 0 Å². The summed E-state index contributed by atoms with van der Waals surface area (Å²) in [6.45, 7) is 4.23. The van der Waals surface area contributed by atoms with Gasteiger partial charge < -0.3 is 10.2 Å². The minimum Gasteiger partial charge on any atom is -0.349 e. The molecule has 17 heavy (non-hydrogen) atoms. The highest BCUT2D eigenvalue weighted by atomic mass is 32.1. The third-order valence-electron chi connectivity index (χ3n) is 2.86. The number of nitriles is 1. The SMILES string of the molecule is CCC(C)N(C)C(=S)Nc1ccccc1C#N. The predicted octanol–water partition coefficient (Wildman–Crippen LogP) is 2.99. The molecule has 0 saturated heterocycles. The number of para-hydroxylation sites is 1. The minimum atomic E-state index is 0.379. The fourth-order valence-corrected chi connectivity index (χ4v) is 1.66. The molecule has 1 rings (SSSR count). The molecule has 0 saturated carbocycles. The Kier molecular flexibility index (Phi) is 4.92. The summed E-state index contributed by atoms with van der Waals surface area (Å²) >= 11 is 5.31. The van der Waals surface area contributed by atoms with Gasteiger partial charge in [-0.05, 0) is 37.7 Å². The van der Waals surface area contributed by atoms with E-state index in [9.17, 15) is 0 Å². The van der Waals surface area contributed by atoms with Crippen LogP contribution < -0.4 is 5.32 Å². The zero-order valence-electron chi connectivity index (χ0n) is 10.4. The molecule has 0 spiro atoms. The second kappa shape index (κ2) is 6.21. The number of nitrogens with zero attached hydrogens (tertiary/aromatic N) is 2. The monoisotopic (exact) mass is 247 g/mol. The summed E-state index contributed by atoms with van der Waals surface area (Å²) in [4.78, 5) is 2.00. The molecule has 4 heteroatoms. The van der Waals surface area contributed by atoms with E-state index in [1.807, 2.05) is 30.1 Å². The van der Waals surface area contributed by atoms with Crippen LogP contribution in [0.25, 0.3) is 0 Å². The van der Waals surface area contributed by atoms with Crippen molar-refractivity contribution in [3.05, 3.63) is 29.8 Å². The van der Waals surface area contributed by atoms with E-state index in [4.69, 9.17) is 17.5 Å². The smallest absolute Gasteiger partial charge is 0.173 e. The number of anilines is 1. The average molecular weight is 247 g/mol. The lowest BCUT2D eigenvalue weighted by molar-refractivity contribution is 0.386. The number of thiocarbonyl (C=S) groups is 1. The van der Waals surface area contributed by atoms with Crippen LogP contribution in [-0.2, 0) is 0 Å². The second-order valence-electron chi connectivity index (χ2n) is 3.96. The molecule has 1 unspecified atom stereocenters. The van der Waals surface area contributed by atoms with Gasteiger partial charge >= 0.3 is 0 Å². The standard InChI is InChI=1S/C13H17N3S/c1-4-10(2)16(3)13(17)15-12-8-6-5-7-11(12)9-14/h5-8,10H,4H2,1-3H3,(H,15,17). The molecule has 0 aromatic heterocycles. The Balaban J connectivity index is 2.78. The van der Waals surface area contributed by atoms with Crippen molar-refractivity contribution < 1.29 is 0 Å². The van der Waals surface area contributed by atoms with Gasteiger partial charge in [0.05, 0.1) is 11.3 Å². The lowest BCUT2D eigenvalue weighted by Gasteiger charge is -2.27. The van der Waals surface area contributed by atoms with Gasteiger partial charge in [0.25, 0.3) is 0 Å². The van der Waals surface area contributed by atoms with Crippen molar-refractivity contribution in [3.8, 4) is 6.07 Å². The summed E-state index contributed by atoms with van der Waals surface area (Å²) in [5, 5.41) is 12.7. The summed E-state index contributed by atoms with van der Waals surface area (Å²) in [5.74, 6) is 0. The van der Waals surface area contributed by atoms with Crippen molar-refractivity contribution in [1.82, 2.24) is 4.90 Å². The molecule has 0 fully saturated rings. The molecule has 90 valence electrons. The summed E-state index contributed by atoms with van der Waals surface area (Å²) in [6.07, 6.45) is 1.03. The first-order valence-electron chi connectivity index (χ1n) is 5.63. The van der Waals surface area contributed by atoms with Gasteiger partial charge in [-0.2, -0.15) is 5.26 Å². The van der Waals surface area contributed by atoms with Gasteiger partial charge in [0.1, 0.15) is 6.07 Å². The summed E-state index contributed by atoms with van der Waals surface area (Å²) in [5.41, 5.74) is 1.36. The van der Waals surface area contributed by atoms with Crippen LogP contribution in [0.4, 0.5) is 5.69 Å². The Bertz CT molecular complexity index is 437. The highest BCUT2D eigenvalue weighted by Gasteiger charge is 2.11. The van der Waals surface area contributed by atoms with E-state index in [1.165, 1.54) is 0 Å². The van der Waals surface area contributed by atoms with Gasteiger partial charge in [0.2, 0.25) is 0 Å². The predicted molar refractivity (Wildman–Crippen MR) is 74.9 cm³/mol. The molecule has 0 aliphatic carbocycles. The molecule has 0 heterocycles. The molecular formula is C13H17N3S. The largest absolute Gasteiger partial charge is 0.349 e. The van der Waals surface area contributed by atoms with E-state index in [0.717, 1.165) is 12.1 Å². The lowest BCUT2D eigenvalue weighted by Crippen LogP contribution is -2.37. The lowest BCUT2D eigenvalue weighted by atomic mass is 10.2. The summed E-state index contributed by atoms with van der Waals surface area (Å²) in [6, 6.07) is 9.87. The van der Waals surface area contributed by atoms with Gasteiger partial charge in [-0.15, -0.1) is 0 Å². The van der Waals surface area contributed by atoms with E-state index in [1.54, 1.807) is 6.07 Å². The van der Waals surface area contributed by atoms with E-state index >= 15 is 0 Å². The Morgan fingerprint density at radius 3 is 2.76 bits per heavy atom. The van der Waals surface area contributed by atoms with Gasteiger partial charge in [-0.25, -0.2) is 0 Å². The number of hydrogen-bond acceptors (Lipinski definition) is 2. The van der Waals surface area contributed by atoms with E-state index in [0.29, 0.717) is 16.7 Å². The fraction of sp³-hybridized carbons (Fsp3) is 0.385. The van der Waals surface area contributed by atoms with Gasteiger partial charge in [0.15, 0.2) is 5.11 Å². The van der Waals surface area contributed by atoms with E-state index < -0.39 is 0 Å². The highest BCUT2D eigenvalue weighted by Crippen LogP contribution is 2.14. The van der Waals surface area contributed by atoms with Crippen LogP contribution in [0.15, 0.2) is 24.3 Å². The molecule has 0 aliphatic heterocycles. The molecule has 0 aliphatic rings. The highest BCUT2D eigenvalue weighted by molar-refractivity contribution is 7.80. The van der Waals surface area contributed by atoms with Crippen LogP contribution in [-0.4, -0.2) is 23.1 Å². The Morgan fingerprint density at radius 2 is 2.18 bits per heavy atom. The van der Waals surface area contributed by atoms with Crippen LogP contribution in [0, 0.1) is 11.3 Å². The van der Waals surface area contributed by atoms with E-state index in [2.05, 4.69) is 25.2 Å². The number of benzene rings is 1. The second-order valence-corrected chi connectivity index (χ2v) is 4.34. The Labute approximate surface area is 108 Å². The molecule has 1 aromatic carbocycles. The summed E-state index contributed by atoms with van der Waals surface area (Å²) < 4.78 is 0. The van der Waals surface area contributed by atoms with Crippen molar-refractivity contribution in [3.63, 3.8) is 0 Å². The topological polar surface area (TPSA) is 39.1 Å². The molecule has 0 amide bonds. The van der Waals surface area contributed by atoms with Gasteiger partial charge in [0, 0.05) is 13.1 Å². The van der Waals surface area contributed by atoms with Crippen LogP contribution in [0.5, 0.6) is 0 Å². The third kappa shape index (κ3) is 3.43. The first-order chi connectivity index (χ1) is 8.10. The molecule has 0 radical (unpaired) electrons. The zero-order valence-corrected chi connectivity index (χ0v) is 11.2. The zero-order chi connectivity index (χ0) is 12.8. The van der Waals surface area contributed by atoms with Crippen LogP contribution in [0.3, 0.4) is 0 Å². The molecule has 1 atom stereocenters. The van der Waals surface area contributed by atoms with Crippen molar-refractivity contribution in [2.45, 2.75) is 26.3 Å². The average Bonchev–Trinajstić information content (AvgIpc) is 2.37. The number of nitrogens with one attached hydrogen (secondary N) is 1. The molecule has 1 aromatic rings. The molecule has 1 N–H and O–H groups in total. The third-order valence-corrected chi connectivity index (χ3v) is 3.25. The Morgan fingerprint density at radius 1 is 1.53 bits per heavy atom. The van der Waals surface area contributed by atoms with Crippen molar-refractivity contribution >= 4 is 23.0 Å². The summed E-state index contributed by atoms with van der Waals surface area (Å²) in [7, 11) is 1.96. The van der Waals surface area contributed by atoms with Crippen molar-refractivity contribution in [2.75, 3.05) is 12.4 Å². The van der Waals surface area contributed by atoms with Crippen LogP contribution in [0.2, 0.25) is 0 Å². The molecule has 0 bridgehead atoms. The fourth-order valence-electron chi connectivity index (χ4n) is 1.37. The first-order valence-corrected chi connectivity index (χ1v) is 6.04. The quantitative estimate of drug-likeness (QED) is 0.833. The van der Waals surface area contributed by atoms with Crippen LogP contribution >= 0.6 is 12.2 Å². The van der Waals surface area contributed by atoms with Crippen molar-refractivity contribution in [2.24, 2.45) is 0 Å². The number of rotatable bonds is 3.